The third-order valence-electron chi connectivity index (χ3n) is 3.45. The van der Waals surface area contributed by atoms with Crippen molar-refractivity contribution in [2.75, 3.05) is 12.9 Å². The van der Waals surface area contributed by atoms with Crippen molar-refractivity contribution in [3.63, 3.8) is 0 Å². The van der Waals surface area contributed by atoms with Crippen molar-refractivity contribution in [2.45, 2.75) is 25.0 Å². The van der Waals surface area contributed by atoms with E-state index in [9.17, 15) is 9.59 Å². The van der Waals surface area contributed by atoms with Crippen molar-refractivity contribution < 1.29 is 14.3 Å². The summed E-state index contributed by atoms with van der Waals surface area (Å²) in [6, 6.07) is 1.95. The number of thioether (sulfide) groups is 1. The van der Waals surface area contributed by atoms with Crippen LogP contribution in [0.2, 0.25) is 0 Å². The topological polar surface area (TPSA) is 81.4 Å². The van der Waals surface area contributed by atoms with Gasteiger partial charge in [-0.15, -0.1) is 11.3 Å². The molecule has 20 heavy (non-hydrogen) atoms. The van der Waals surface area contributed by atoms with Gasteiger partial charge in [0.1, 0.15) is 0 Å². The Morgan fingerprint density at radius 1 is 1.55 bits per heavy atom. The van der Waals surface area contributed by atoms with Crippen LogP contribution in [-0.4, -0.2) is 24.7 Å². The highest BCUT2D eigenvalue weighted by atomic mass is 32.2. The van der Waals surface area contributed by atoms with E-state index in [1.54, 1.807) is 11.8 Å². The van der Waals surface area contributed by atoms with E-state index in [2.05, 4.69) is 5.43 Å². The Labute approximate surface area is 126 Å². The SMILES string of the molecule is COC(=O)CC1(CSCc2ccsc2C(=O)NN)CC1. The molecule has 0 bridgehead atoms. The molecule has 1 aliphatic carbocycles. The third kappa shape index (κ3) is 3.74. The zero-order valence-corrected chi connectivity index (χ0v) is 12.9. The molecular weight excluding hydrogens is 296 g/mol. The van der Waals surface area contributed by atoms with Crippen LogP contribution in [0.15, 0.2) is 11.4 Å². The van der Waals surface area contributed by atoms with Crippen molar-refractivity contribution in [1.82, 2.24) is 5.43 Å². The zero-order chi connectivity index (χ0) is 14.6. The molecule has 1 amide bonds. The van der Waals surface area contributed by atoms with Crippen LogP contribution in [0.3, 0.4) is 0 Å². The highest BCUT2D eigenvalue weighted by Crippen LogP contribution is 2.51. The highest BCUT2D eigenvalue weighted by molar-refractivity contribution is 7.98. The Kier molecular flexibility index (Phi) is 5.06. The first-order valence-corrected chi connectivity index (χ1v) is 8.35. The molecule has 1 fully saturated rings. The summed E-state index contributed by atoms with van der Waals surface area (Å²) < 4.78 is 4.73. The van der Waals surface area contributed by atoms with Crippen LogP contribution in [0, 0.1) is 5.41 Å². The number of nitrogen functional groups attached to an aromatic ring is 1. The Bertz CT molecular complexity index is 498. The van der Waals surface area contributed by atoms with E-state index in [-0.39, 0.29) is 17.3 Å². The Morgan fingerprint density at radius 2 is 2.30 bits per heavy atom. The lowest BCUT2D eigenvalue weighted by Gasteiger charge is -2.13. The summed E-state index contributed by atoms with van der Waals surface area (Å²) in [6.07, 6.45) is 2.65. The van der Waals surface area contributed by atoms with Gasteiger partial charge < -0.3 is 4.74 Å². The van der Waals surface area contributed by atoms with Gasteiger partial charge in [0.2, 0.25) is 0 Å². The molecule has 2 rings (SSSR count). The maximum atomic E-state index is 11.6. The maximum absolute atomic E-state index is 11.6. The maximum Gasteiger partial charge on any atom is 0.306 e. The van der Waals surface area contributed by atoms with Gasteiger partial charge in [0.25, 0.3) is 5.91 Å². The van der Waals surface area contributed by atoms with Crippen molar-refractivity contribution in [3.8, 4) is 0 Å². The number of rotatable bonds is 7. The number of hydrogen-bond acceptors (Lipinski definition) is 6. The van der Waals surface area contributed by atoms with Gasteiger partial charge in [0, 0.05) is 5.75 Å². The number of carbonyl (C=O) groups is 2. The van der Waals surface area contributed by atoms with Crippen molar-refractivity contribution in [3.05, 3.63) is 21.9 Å². The summed E-state index contributed by atoms with van der Waals surface area (Å²) in [7, 11) is 1.43. The summed E-state index contributed by atoms with van der Waals surface area (Å²) in [5.74, 6) is 6.46. The smallest absolute Gasteiger partial charge is 0.306 e. The van der Waals surface area contributed by atoms with Gasteiger partial charge in [0.15, 0.2) is 0 Å². The van der Waals surface area contributed by atoms with Gasteiger partial charge in [-0.1, -0.05) is 0 Å². The van der Waals surface area contributed by atoms with E-state index in [1.807, 2.05) is 11.4 Å². The molecule has 1 aromatic heterocycles. The summed E-state index contributed by atoms with van der Waals surface area (Å²) >= 11 is 3.14. The van der Waals surface area contributed by atoms with Crippen LogP contribution >= 0.6 is 23.1 Å². The minimum atomic E-state index is -0.244. The Hall–Kier alpha value is -1.05. The highest BCUT2D eigenvalue weighted by Gasteiger charge is 2.44. The van der Waals surface area contributed by atoms with Crippen LogP contribution in [0.5, 0.6) is 0 Å². The van der Waals surface area contributed by atoms with Gasteiger partial charge in [-0.05, 0) is 41.0 Å². The predicted molar refractivity (Wildman–Crippen MR) is 80.4 cm³/mol. The molecule has 0 radical (unpaired) electrons. The first-order valence-electron chi connectivity index (χ1n) is 6.32. The van der Waals surface area contributed by atoms with E-state index in [0.717, 1.165) is 29.9 Å². The molecule has 1 aromatic rings. The molecule has 0 spiro atoms. The molecule has 0 aliphatic heterocycles. The molecule has 7 heteroatoms. The van der Waals surface area contributed by atoms with Gasteiger partial charge >= 0.3 is 5.97 Å². The third-order valence-corrected chi connectivity index (χ3v) is 5.74. The van der Waals surface area contributed by atoms with Crippen LogP contribution < -0.4 is 11.3 Å². The lowest BCUT2D eigenvalue weighted by Crippen LogP contribution is -2.29. The van der Waals surface area contributed by atoms with Gasteiger partial charge in [-0.3, -0.25) is 15.0 Å². The summed E-state index contributed by atoms with van der Waals surface area (Å²) in [5, 5.41) is 1.89. The van der Waals surface area contributed by atoms with Crippen LogP contribution in [0.1, 0.15) is 34.5 Å². The van der Waals surface area contributed by atoms with E-state index >= 15 is 0 Å². The van der Waals surface area contributed by atoms with E-state index in [0.29, 0.717) is 11.3 Å². The van der Waals surface area contributed by atoms with Crippen molar-refractivity contribution in [1.29, 1.82) is 0 Å². The second kappa shape index (κ2) is 6.60. The number of nitrogens with two attached hydrogens (primary N) is 1. The van der Waals surface area contributed by atoms with Crippen LogP contribution in [0.4, 0.5) is 0 Å². The number of thiophene rings is 1. The second-order valence-electron chi connectivity index (χ2n) is 4.99. The Balaban J connectivity index is 1.83. The number of ether oxygens (including phenoxy) is 1. The van der Waals surface area contributed by atoms with Crippen molar-refractivity contribution in [2.24, 2.45) is 11.3 Å². The number of esters is 1. The average molecular weight is 314 g/mol. The molecule has 0 aromatic carbocycles. The molecule has 0 saturated heterocycles. The summed E-state index contributed by atoms with van der Waals surface area (Å²) in [6.45, 7) is 0. The van der Waals surface area contributed by atoms with Crippen LogP contribution in [-0.2, 0) is 15.3 Å². The fourth-order valence-electron chi connectivity index (χ4n) is 2.02. The van der Waals surface area contributed by atoms with E-state index in [1.165, 1.54) is 18.4 Å². The molecule has 110 valence electrons. The number of methoxy groups -OCH3 is 1. The standard InChI is InChI=1S/C13H18N2O3S2/c1-18-10(16)6-13(3-4-13)8-19-7-9-2-5-20-11(9)12(17)15-14/h2,5H,3-4,6-8,14H2,1H3,(H,15,17). The van der Waals surface area contributed by atoms with Gasteiger partial charge in [-0.25, -0.2) is 5.84 Å². The monoisotopic (exact) mass is 314 g/mol. The summed E-state index contributed by atoms with van der Waals surface area (Å²) in [4.78, 5) is 23.6. The number of amides is 1. The first kappa shape index (κ1) is 15.3. The average Bonchev–Trinajstić information content (AvgIpc) is 3.04. The number of nitrogens with one attached hydrogen (secondary N) is 1. The second-order valence-corrected chi connectivity index (χ2v) is 6.90. The van der Waals surface area contributed by atoms with Crippen molar-refractivity contribution >= 4 is 35.0 Å². The van der Waals surface area contributed by atoms with E-state index < -0.39 is 0 Å². The lowest BCUT2D eigenvalue weighted by atomic mass is 10.1. The fraction of sp³-hybridized carbons (Fsp3) is 0.538. The molecule has 0 unspecified atom stereocenters. The van der Waals surface area contributed by atoms with Gasteiger partial charge in [-0.2, -0.15) is 11.8 Å². The van der Waals surface area contributed by atoms with E-state index in [4.69, 9.17) is 10.6 Å². The predicted octanol–water partition coefficient (Wildman–Crippen LogP) is 1.93. The molecule has 1 aliphatic rings. The quantitative estimate of drug-likeness (QED) is 0.348. The number of hydrogen-bond donors (Lipinski definition) is 2. The molecular formula is C13H18N2O3S2. The number of hydrazine groups is 1. The molecule has 5 nitrogen and oxygen atoms in total. The first-order chi connectivity index (χ1) is 9.60. The molecule has 1 saturated carbocycles. The molecule has 0 atom stereocenters. The number of carbonyl (C=O) groups excluding carboxylic acids is 2. The lowest BCUT2D eigenvalue weighted by molar-refractivity contribution is -0.141. The van der Waals surface area contributed by atoms with Crippen LogP contribution in [0.25, 0.3) is 0 Å². The molecule has 3 N–H and O–H groups in total. The van der Waals surface area contributed by atoms with Gasteiger partial charge in [0.05, 0.1) is 18.4 Å². The minimum absolute atomic E-state index is 0.115. The summed E-state index contributed by atoms with van der Waals surface area (Å²) in [5.41, 5.74) is 3.27. The zero-order valence-electron chi connectivity index (χ0n) is 11.3. The largest absolute Gasteiger partial charge is 0.469 e. The Morgan fingerprint density at radius 3 is 2.90 bits per heavy atom. The fourth-order valence-corrected chi connectivity index (χ4v) is 4.32. The minimum Gasteiger partial charge on any atom is -0.469 e. The molecule has 1 heterocycles. The normalized spacial score (nSPS) is 15.7.